The van der Waals surface area contributed by atoms with Crippen LogP contribution in [0.3, 0.4) is 0 Å². The van der Waals surface area contributed by atoms with Gasteiger partial charge in [-0.25, -0.2) is 9.78 Å². The van der Waals surface area contributed by atoms with E-state index in [4.69, 9.17) is 9.63 Å². The van der Waals surface area contributed by atoms with Crippen LogP contribution in [-0.4, -0.2) is 31.3 Å². The van der Waals surface area contributed by atoms with E-state index in [9.17, 15) is 9.90 Å². The molecule has 0 aliphatic heterocycles. The second kappa shape index (κ2) is 9.75. The van der Waals surface area contributed by atoms with Crippen LogP contribution in [0.1, 0.15) is 60.2 Å². The van der Waals surface area contributed by atoms with Crippen molar-refractivity contribution in [2.75, 3.05) is 0 Å². The van der Waals surface area contributed by atoms with Gasteiger partial charge in [-0.1, -0.05) is 60.8 Å². The summed E-state index contributed by atoms with van der Waals surface area (Å²) < 4.78 is 5.12. The van der Waals surface area contributed by atoms with Crippen LogP contribution >= 0.6 is 0 Å². The zero-order valence-electron chi connectivity index (χ0n) is 15.5. The molecule has 0 bridgehead atoms. The monoisotopic (exact) mass is 381 g/mol. The second-order valence-electron chi connectivity index (χ2n) is 6.62. The maximum absolute atomic E-state index is 11.0. The fourth-order valence-corrected chi connectivity index (χ4v) is 2.94. The molecule has 1 unspecified atom stereocenters. The van der Waals surface area contributed by atoms with Crippen molar-refractivity contribution >= 4 is 5.97 Å². The van der Waals surface area contributed by atoms with Crippen LogP contribution in [0.2, 0.25) is 0 Å². The Morgan fingerprint density at radius 3 is 2.54 bits per heavy atom. The normalized spacial score (nSPS) is 12.0. The Bertz CT molecular complexity index is 895. The fourth-order valence-electron chi connectivity index (χ4n) is 2.94. The Hall–Kier alpha value is -3.06. The summed E-state index contributed by atoms with van der Waals surface area (Å²) in [5.41, 5.74) is 1.55. The highest BCUT2D eigenvalue weighted by Crippen LogP contribution is 2.22. The first-order valence-electron chi connectivity index (χ1n) is 9.40. The molecule has 0 fully saturated rings. The van der Waals surface area contributed by atoms with Crippen LogP contribution in [0.25, 0.3) is 11.5 Å². The smallest absolute Gasteiger partial charge is 0.354 e. The average molecular weight is 381 g/mol. The molecular formula is C21H23N3O4. The number of carboxylic acids is 1. The number of carbonyl (C=O) groups is 1. The van der Waals surface area contributed by atoms with Crippen molar-refractivity contribution < 1.29 is 19.5 Å². The number of aliphatic hydroxyl groups excluding tert-OH is 1. The summed E-state index contributed by atoms with van der Waals surface area (Å²) in [4.78, 5) is 19.1. The summed E-state index contributed by atoms with van der Waals surface area (Å²) in [6.45, 7) is 0. The van der Waals surface area contributed by atoms with Crippen molar-refractivity contribution in [1.82, 2.24) is 15.1 Å². The highest BCUT2D eigenvalue weighted by atomic mass is 16.5. The van der Waals surface area contributed by atoms with Crippen LogP contribution in [-0.2, 0) is 6.42 Å². The van der Waals surface area contributed by atoms with Crippen molar-refractivity contribution in [2.45, 2.75) is 44.6 Å². The lowest BCUT2D eigenvalue weighted by Crippen LogP contribution is -2.01. The molecular weight excluding hydrogens is 358 g/mol. The van der Waals surface area contributed by atoms with Crippen molar-refractivity contribution in [1.29, 1.82) is 0 Å². The molecule has 2 N–H and O–H groups in total. The Morgan fingerprint density at radius 2 is 1.75 bits per heavy atom. The second-order valence-corrected chi connectivity index (χ2v) is 6.62. The molecule has 0 spiro atoms. The summed E-state index contributed by atoms with van der Waals surface area (Å²) in [5, 5.41) is 23.1. The number of unbranched alkanes of at least 4 members (excludes halogenated alkanes) is 3. The zero-order chi connectivity index (χ0) is 19.8. The van der Waals surface area contributed by atoms with Crippen LogP contribution < -0.4 is 0 Å². The molecule has 28 heavy (non-hydrogen) atoms. The number of nitrogens with zero attached hydrogens (tertiary/aromatic N) is 3. The maximum Gasteiger partial charge on any atom is 0.354 e. The van der Waals surface area contributed by atoms with Crippen molar-refractivity contribution in [3.05, 3.63) is 65.7 Å². The van der Waals surface area contributed by atoms with Crippen LogP contribution in [0.5, 0.6) is 0 Å². The minimum absolute atomic E-state index is 0.0973. The number of pyridine rings is 1. The van der Waals surface area contributed by atoms with Crippen molar-refractivity contribution in [2.24, 2.45) is 0 Å². The Kier molecular flexibility index (Phi) is 6.86. The standard InChI is InChI=1S/C21H23N3O4/c25-18(14-7-2-1-4-9-15-10-5-3-6-11-15)20-23-19(24-28-20)16-12-8-13-17(22-16)21(26)27/h3,5-6,8,10-13,18,25H,1-2,4,7,9,14H2,(H,26,27). The van der Waals surface area contributed by atoms with Gasteiger partial charge in [0, 0.05) is 0 Å². The van der Waals surface area contributed by atoms with E-state index in [1.165, 1.54) is 11.6 Å². The largest absolute Gasteiger partial charge is 0.477 e. The first-order valence-corrected chi connectivity index (χ1v) is 9.40. The van der Waals surface area contributed by atoms with E-state index in [0.717, 1.165) is 32.1 Å². The van der Waals surface area contributed by atoms with Gasteiger partial charge in [-0.15, -0.1) is 0 Å². The van der Waals surface area contributed by atoms with E-state index in [0.29, 0.717) is 12.1 Å². The lowest BCUT2D eigenvalue weighted by molar-refractivity contribution is 0.0690. The summed E-state index contributed by atoms with van der Waals surface area (Å²) in [6.07, 6.45) is 4.87. The van der Waals surface area contributed by atoms with Crippen LogP contribution in [0.4, 0.5) is 0 Å². The maximum atomic E-state index is 11.0. The first-order chi connectivity index (χ1) is 13.6. The topological polar surface area (TPSA) is 109 Å². The van der Waals surface area contributed by atoms with Crippen LogP contribution in [0, 0.1) is 0 Å². The minimum atomic E-state index is -1.13. The predicted molar refractivity (Wildman–Crippen MR) is 103 cm³/mol. The van der Waals surface area contributed by atoms with Crippen LogP contribution in [0.15, 0.2) is 53.1 Å². The van der Waals surface area contributed by atoms with Gasteiger partial charge in [-0.05, 0) is 37.0 Å². The summed E-state index contributed by atoms with van der Waals surface area (Å²) in [5.74, 6) is -0.834. The third kappa shape index (κ3) is 5.47. The summed E-state index contributed by atoms with van der Waals surface area (Å²) >= 11 is 0. The van der Waals surface area contributed by atoms with Gasteiger partial charge in [0.05, 0.1) is 0 Å². The Morgan fingerprint density at radius 1 is 0.964 bits per heavy atom. The SMILES string of the molecule is O=C(O)c1cccc(-c2noc(C(O)CCCCCCc3ccccc3)n2)n1. The van der Waals surface area contributed by atoms with E-state index in [-0.39, 0.29) is 17.4 Å². The van der Waals surface area contributed by atoms with Crippen molar-refractivity contribution in [3.63, 3.8) is 0 Å². The first kappa shape index (κ1) is 19.7. The van der Waals surface area contributed by atoms with E-state index in [1.807, 2.05) is 6.07 Å². The predicted octanol–water partition coefficient (Wildman–Crippen LogP) is 4.06. The number of carboxylic acid groups (broad SMARTS) is 1. The Labute approximate surface area is 163 Å². The molecule has 0 saturated heterocycles. The van der Waals surface area contributed by atoms with E-state index in [1.54, 1.807) is 12.1 Å². The molecule has 146 valence electrons. The third-order valence-corrected chi connectivity index (χ3v) is 4.46. The fraction of sp³-hybridized carbons (Fsp3) is 0.333. The summed E-state index contributed by atoms with van der Waals surface area (Å²) in [7, 11) is 0. The van der Waals surface area contributed by atoms with Gasteiger partial charge < -0.3 is 14.7 Å². The van der Waals surface area contributed by atoms with Gasteiger partial charge in [0.1, 0.15) is 17.5 Å². The highest BCUT2D eigenvalue weighted by molar-refractivity contribution is 5.85. The molecule has 0 aliphatic carbocycles. The minimum Gasteiger partial charge on any atom is -0.477 e. The quantitative estimate of drug-likeness (QED) is 0.510. The number of hydrogen-bond acceptors (Lipinski definition) is 6. The lowest BCUT2D eigenvalue weighted by Gasteiger charge is -2.05. The third-order valence-electron chi connectivity index (χ3n) is 4.46. The zero-order valence-corrected chi connectivity index (χ0v) is 15.5. The molecule has 3 rings (SSSR count). The van der Waals surface area contributed by atoms with Gasteiger partial charge in [-0.3, -0.25) is 0 Å². The number of rotatable bonds is 10. The molecule has 0 amide bonds. The number of aromatic nitrogens is 3. The van der Waals surface area contributed by atoms with Crippen molar-refractivity contribution in [3.8, 4) is 11.5 Å². The van der Waals surface area contributed by atoms with Gasteiger partial charge in [-0.2, -0.15) is 4.98 Å². The van der Waals surface area contributed by atoms with Gasteiger partial charge >= 0.3 is 5.97 Å². The molecule has 7 heteroatoms. The highest BCUT2D eigenvalue weighted by Gasteiger charge is 2.18. The molecule has 0 saturated carbocycles. The van der Waals surface area contributed by atoms with E-state index in [2.05, 4.69) is 39.4 Å². The lowest BCUT2D eigenvalue weighted by atomic mass is 10.0. The Balaban J connectivity index is 1.43. The van der Waals surface area contributed by atoms with Gasteiger partial charge in [0.25, 0.3) is 5.89 Å². The van der Waals surface area contributed by atoms with Gasteiger partial charge in [0.15, 0.2) is 0 Å². The van der Waals surface area contributed by atoms with E-state index >= 15 is 0 Å². The van der Waals surface area contributed by atoms with Gasteiger partial charge in [0.2, 0.25) is 5.82 Å². The molecule has 3 aromatic rings. The molecule has 2 heterocycles. The molecule has 1 aromatic carbocycles. The number of aliphatic hydroxyl groups is 1. The number of hydrogen-bond donors (Lipinski definition) is 2. The van der Waals surface area contributed by atoms with E-state index < -0.39 is 12.1 Å². The average Bonchev–Trinajstić information content (AvgIpc) is 3.22. The molecule has 1 atom stereocenters. The summed E-state index contributed by atoms with van der Waals surface area (Å²) in [6, 6.07) is 14.9. The number of aryl methyl sites for hydroxylation is 1. The molecule has 0 aliphatic rings. The molecule has 0 radical (unpaired) electrons. The number of benzene rings is 1. The number of aromatic carboxylic acids is 1. The molecule has 7 nitrogen and oxygen atoms in total. The molecule has 2 aromatic heterocycles.